The normalized spacial score (nSPS) is 12.2. The van der Waals surface area contributed by atoms with Crippen molar-refractivity contribution in [2.75, 3.05) is 4.90 Å². The lowest BCUT2D eigenvalue weighted by atomic mass is 10.1. The number of para-hydroxylation sites is 6. The Balaban J connectivity index is 1.04. The van der Waals surface area contributed by atoms with Crippen molar-refractivity contribution >= 4 is 83.0 Å². The lowest BCUT2D eigenvalue weighted by molar-refractivity contribution is 1.15. The third-order valence-corrected chi connectivity index (χ3v) is 11.5. The van der Waals surface area contributed by atoms with Crippen LogP contribution in [-0.4, -0.2) is 13.7 Å². The average Bonchev–Trinajstić information content (AvgIpc) is 3.92. The van der Waals surface area contributed by atoms with E-state index in [0.29, 0.717) is 0 Å². The van der Waals surface area contributed by atoms with Crippen molar-refractivity contribution in [3.63, 3.8) is 0 Å². The van der Waals surface area contributed by atoms with Crippen LogP contribution in [0.25, 0.3) is 83.0 Å². The fraction of sp³-hybridized carbons (Fsp3) is 0. The summed E-state index contributed by atoms with van der Waals surface area (Å²) in [6.45, 7) is 4.34. The number of allylic oxidation sites excluding steroid dienone is 3. The number of anilines is 2. The second kappa shape index (κ2) is 13.7. The zero-order valence-corrected chi connectivity index (χ0v) is 31.8. The van der Waals surface area contributed by atoms with Crippen LogP contribution >= 0.6 is 0 Å². The van der Waals surface area contributed by atoms with Gasteiger partial charge in [0.25, 0.3) is 0 Å². The first-order valence-electron chi connectivity index (χ1n) is 19.7. The van der Waals surface area contributed by atoms with Gasteiger partial charge in [-0.2, -0.15) is 0 Å². The van der Waals surface area contributed by atoms with Crippen molar-refractivity contribution < 1.29 is 0 Å². The van der Waals surface area contributed by atoms with E-state index >= 15 is 0 Å². The van der Waals surface area contributed by atoms with Crippen LogP contribution in [0.4, 0.5) is 11.4 Å². The molecular formula is C54H38N4. The summed E-state index contributed by atoms with van der Waals surface area (Å²) in [6, 6.07) is 69.5. The molecule has 0 saturated carbocycles. The van der Waals surface area contributed by atoms with Crippen LogP contribution in [0.1, 0.15) is 0 Å². The molecule has 0 aliphatic heterocycles. The Morgan fingerprint density at radius 2 is 0.690 bits per heavy atom. The Bertz CT molecular complexity index is 3090. The summed E-state index contributed by atoms with van der Waals surface area (Å²) in [5, 5.41) is 7.48. The van der Waals surface area contributed by atoms with Gasteiger partial charge in [-0.3, -0.25) is 0 Å². The second-order valence-corrected chi connectivity index (χ2v) is 14.6. The summed E-state index contributed by atoms with van der Waals surface area (Å²) in [4.78, 5) is 2.29. The van der Waals surface area contributed by atoms with Crippen molar-refractivity contribution in [3.05, 3.63) is 225 Å². The number of nitrogens with zero attached hydrogens (tertiary/aromatic N) is 4. The molecule has 274 valence electrons. The Labute approximate surface area is 336 Å². The van der Waals surface area contributed by atoms with Gasteiger partial charge in [0.2, 0.25) is 0 Å². The van der Waals surface area contributed by atoms with Crippen LogP contribution in [0, 0.1) is 0 Å². The molecule has 0 radical (unpaired) electrons. The Morgan fingerprint density at radius 1 is 0.379 bits per heavy atom. The molecule has 58 heavy (non-hydrogen) atoms. The highest BCUT2D eigenvalue weighted by molar-refractivity contribution is 6.11. The maximum atomic E-state index is 4.34. The van der Waals surface area contributed by atoms with Crippen LogP contribution in [0.15, 0.2) is 225 Å². The zero-order valence-electron chi connectivity index (χ0n) is 31.8. The number of aromatic nitrogens is 3. The molecule has 8 aromatic carbocycles. The number of hydrogen-bond donors (Lipinski definition) is 0. The molecule has 0 amide bonds. The summed E-state index contributed by atoms with van der Waals surface area (Å²) < 4.78 is 6.99. The Kier molecular flexibility index (Phi) is 7.93. The van der Waals surface area contributed by atoms with E-state index in [1.807, 2.05) is 6.08 Å². The maximum absolute atomic E-state index is 4.34. The summed E-state index contributed by atoms with van der Waals surface area (Å²) >= 11 is 0. The molecule has 0 bridgehead atoms. The third-order valence-electron chi connectivity index (χ3n) is 11.5. The van der Waals surface area contributed by atoms with Crippen molar-refractivity contribution in [1.29, 1.82) is 0 Å². The molecule has 11 rings (SSSR count). The molecule has 0 saturated heterocycles. The molecule has 4 nitrogen and oxygen atoms in total. The predicted octanol–water partition coefficient (Wildman–Crippen LogP) is 14.4. The van der Waals surface area contributed by atoms with E-state index in [1.165, 1.54) is 65.4 Å². The molecule has 11 aromatic rings. The van der Waals surface area contributed by atoms with Crippen LogP contribution < -0.4 is 4.90 Å². The molecule has 0 aliphatic rings. The van der Waals surface area contributed by atoms with Gasteiger partial charge in [0, 0.05) is 67.0 Å². The molecule has 4 heteroatoms. The number of rotatable bonds is 8. The van der Waals surface area contributed by atoms with Crippen molar-refractivity contribution in [2.24, 2.45) is 0 Å². The van der Waals surface area contributed by atoms with Gasteiger partial charge < -0.3 is 18.6 Å². The summed E-state index contributed by atoms with van der Waals surface area (Å²) in [6.07, 6.45) is 8.38. The van der Waals surface area contributed by atoms with Gasteiger partial charge in [0.15, 0.2) is 0 Å². The van der Waals surface area contributed by atoms with E-state index in [0.717, 1.165) is 28.4 Å². The average molecular weight is 743 g/mol. The first-order chi connectivity index (χ1) is 28.8. The van der Waals surface area contributed by atoms with E-state index < -0.39 is 0 Å². The molecule has 0 unspecified atom stereocenters. The van der Waals surface area contributed by atoms with Gasteiger partial charge in [0.05, 0.1) is 33.1 Å². The minimum atomic E-state index is 0.950. The summed E-state index contributed by atoms with van der Waals surface area (Å²) in [5.74, 6) is 0. The standard InChI is InChI=1S/C54H38N4/c1-2-38(16-15-37-55-49-23-9-3-17-43(49)44-18-4-10-24-50(44)55)56(39-29-33-41(34-30-39)57-51-25-11-5-19-45(51)46-20-6-12-26-52(46)57)40-31-35-42(36-32-40)58-53-27-13-7-21-47(53)48-22-8-14-28-54(48)58/h2-37H,1H2/b37-15+,38-16+. The van der Waals surface area contributed by atoms with E-state index in [9.17, 15) is 0 Å². The summed E-state index contributed by atoms with van der Waals surface area (Å²) in [7, 11) is 0. The number of fused-ring (bicyclic) bond motifs is 9. The minimum absolute atomic E-state index is 0.950. The van der Waals surface area contributed by atoms with E-state index in [-0.39, 0.29) is 0 Å². The van der Waals surface area contributed by atoms with Gasteiger partial charge in [-0.25, -0.2) is 0 Å². The molecule has 0 aliphatic carbocycles. The van der Waals surface area contributed by atoms with E-state index in [2.05, 4.69) is 238 Å². The predicted molar refractivity (Wildman–Crippen MR) is 247 cm³/mol. The van der Waals surface area contributed by atoms with Crippen LogP contribution in [-0.2, 0) is 0 Å². The van der Waals surface area contributed by atoms with Gasteiger partial charge in [-0.1, -0.05) is 116 Å². The van der Waals surface area contributed by atoms with Crippen molar-refractivity contribution in [3.8, 4) is 11.4 Å². The van der Waals surface area contributed by atoms with Crippen LogP contribution in [0.5, 0.6) is 0 Å². The molecule has 0 N–H and O–H groups in total. The topological polar surface area (TPSA) is 18.0 Å². The molecular weight excluding hydrogens is 705 g/mol. The quantitative estimate of drug-likeness (QED) is 0.142. The highest BCUT2D eigenvalue weighted by Gasteiger charge is 2.17. The lowest BCUT2D eigenvalue weighted by Crippen LogP contribution is -2.15. The molecule has 0 atom stereocenters. The van der Waals surface area contributed by atoms with E-state index in [1.54, 1.807) is 0 Å². The highest BCUT2D eigenvalue weighted by Crippen LogP contribution is 2.37. The Hall–Kier alpha value is -7.82. The van der Waals surface area contributed by atoms with Gasteiger partial charge in [0.1, 0.15) is 0 Å². The first kappa shape index (κ1) is 33.5. The highest BCUT2D eigenvalue weighted by atomic mass is 15.1. The van der Waals surface area contributed by atoms with Gasteiger partial charge >= 0.3 is 0 Å². The van der Waals surface area contributed by atoms with Gasteiger partial charge in [-0.15, -0.1) is 0 Å². The van der Waals surface area contributed by atoms with Crippen LogP contribution in [0.2, 0.25) is 0 Å². The molecule has 3 heterocycles. The summed E-state index contributed by atoms with van der Waals surface area (Å²) in [5.41, 5.74) is 12.3. The number of benzene rings is 8. The smallest absolute Gasteiger partial charge is 0.0541 e. The van der Waals surface area contributed by atoms with E-state index in [4.69, 9.17) is 0 Å². The van der Waals surface area contributed by atoms with Crippen LogP contribution in [0.3, 0.4) is 0 Å². The van der Waals surface area contributed by atoms with Crippen molar-refractivity contribution in [2.45, 2.75) is 0 Å². The van der Waals surface area contributed by atoms with Crippen molar-refractivity contribution in [1.82, 2.24) is 13.7 Å². The molecule has 3 aromatic heterocycles. The van der Waals surface area contributed by atoms with Gasteiger partial charge in [-0.05, 0) is 103 Å². The maximum Gasteiger partial charge on any atom is 0.0541 e. The Morgan fingerprint density at radius 3 is 1.03 bits per heavy atom. The molecule has 0 fully saturated rings. The second-order valence-electron chi connectivity index (χ2n) is 14.6. The fourth-order valence-corrected chi connectivity index (χ4v) is 8.93. The zero-order chi connectivity index (χ0) is 38.6. The SMILES string of the molecule is C=C/C(=C\C=C\n1c2ccccc2c2ccccc21)N(c1ccc(-n2c3ccccc3c3ccccc32)cc1)c1ccc(-n2c3ccccc3c3ccccc32)cc1. The first-order valence-corrected chi connectivity index (χ1v) is 19.7. The fourth-order valence-electron chi connectivity index (χ4n) is 8.93. The largest absolute Gasteiger partial charge is 0.316 e. The third kappa shape index (κ3) is 5.31. The minimum Gasteiger partial charge on any atom is -0.316 e. The number of hydrogen-bond acceptors (Lipinski definition) is 1. The molecule has 0 spiro atoms. The monoisotopic (exact) mass is 742 g/mol. The lowest BCUT2D eigenvalue weighted by Gasteiger charge is -2.27.